The van der Waals surface area contributed by atoms with Crippen LogP contribution >= 0.6 is 0 Å². The van der Waals surface area contributed by atoms with E-state index in [1.807, 2.05) is 19.1 Å². The minimum absolute atomic E-state index is 0.140. The number of nitrogens with one attached hydrogen (secondary N) is 1. The Hall–Kier alpha value is -1.39. The number of ether oxygens (including phenoxy) is 1. The minimum Gasteiger partial charge on any atom is -0.481 e. The number of hydrogen-bond acceptors (Lipinski definition) is 3. The number of benzene rings is 1. The Balaban J connectivity index is 2.14. The molecular weight excluding hydrogens is 242 g/mol. The lowest BCUT2D eigenvalue weighted by Gasteiger charge is -2.18. The van der Waals surface area contributed by atoms with Crippen molar-refractivity contribution >= 4 is 5.97 Å². The highest BCUT2D eigenvalue weighted by atomic mass is 16.5. The molecule has 3 atom stereocenters. The molecule has 1 aromatic carbocycles. The average molecular weight is 263 g/mol. The van der Waals surface area contributed by atoms with E-state index >= 15 is 0 Å². The molecule has 19 heavy (non-hydrogen) atoms. The van der Waals surface area contributed by atoms with Gasteiger partial charge in [0.05, 0.1) is 12.0 Å². The largest absolute Gasteiger partial charge is 0.481 e. The number of rotatable bonds is 5. The van der Waals surface area contributed by atoms with Crippen LogP contribution in [0, 0.1) is 5.92 Å². The van der Waals surface area contributed by atoms with E-state index in [0.29, 0.717) is 13.0 Å². The second kappa shape index (κ2) is 6.17. The number of carboxylic acid groups (broad SMARTS) is 1. The van der Waals surface area contributed by atoms with Crippen LogP contribution in [-0.2, 0) is 16.0 Å². The molecule has 0 aromatic heterocycles. The van der Waals surface area contributed by atoms with E-state index in [4.69, 9.17) is 9.84 Å². The number of carbonyl (C=O) groups is 1. The van der Waals surface area contributed by atoms with Crippen LogP contribution in [0.15, 0.2) is 24.3 Å². The molecular formula is C15H21NO3. The van der Waals surface area contributed by atoms with Gasteiger partial charge in [0.25, 0.3) is 0 Å². The zero-order chi connectivity index (χ0) is 13.8. The summed E-state index contributed by atoms with van der Waals surface area (Å²) in [5.74, 6) is -0.990. The smallest absolute Gasteiger partial charge is 0.307 e. The zero-order valence-corrected chi connectivity index (χ0v) is 11.4. The van der Waals surface area contributed by atoms with Crippen molar-refractivity contribution in [3.63, 3.8) is 0 Å². The van der Waals surface area contributed by atoms with Gasteiger partial charge in [0, 0.05) is 19.7 Å². The number of methoxy groups -OCH3 is 1. The van der Waals surface area contributed by atoms with Gasteiger partial charge in [-0.15, -0.1) is 0 Å². The van der Waals surface area contributed by atoms with E-state index in [9.17, 15) is 4.79 Å². The van der Waals surface area contributed by atoms with Gasteiger partial charge in [0.2, 0.25) is 0 Å². The lowest BCUT2D eigenvalue weighted by atomic mass is 9.93. The molecule has 0 amide bonds. The normalized spacial score (nSPS) is 24.3. The van der Waals surface area contributed by atoms with Crippen molar-refractivity contribution in [1.82, 2.24) is 5.32 Å². The Labute approximate surface area is 113 Å². The summed E-state index contributed by atoms with van der Waals surface area (Å²) in [5, 5.41) is 12.4. The van der Waals surface area contributed by atoms with Crippen molar-refractivity contribution < 1.29 is 14.6 Å². The fraction of sp³-hybridized carbons (Fsp3) is 0.533. The summed E-state index contributed by atoms with van der Waals surface area (Å²) >= 11 is 0. The first-order valence-corrected chi connectivity index (χ1v) is 6.68. The van der Waals surface area contributed by atoms with Gasteiger partial charge in [-0.05, 0) is 30.9 Å². The predicted molar refractivity (Wildman–Crippen MR) is 73.1 cm³/mol. The van der Waals surface area contributed by atoms with E-state index < -0.39 is 5.97 Å². The molecule has 0 radical (unpaired) electrons. The van der Waals surface area contributed by atoms with Gasteiger partial charge >= 0.3 is 5.97 Å². The standard InChI is InChI=1S/C15H21NO3/c1-10(19-2)7-11-5-3-4-6-13(11)14-8-12(9-16-14)15(17)18/h3-6,10,12,14,16H,7-9H2,1-2H3,(H,17,18). The molecule has 2 rings (SSSR count). The Morgan fingerprint density at radius 3 is 2.89 bits per heavy atom. The van der Waals surface area contributed by atoms with Crippen LogP contribution in [0.4, 0.5) is 0 Å². The summed E-state index contributed by atoms with van der Waals surface area (Å²) in [5.41, 5.74) is 2.44. The predicted octanol–water partition coefficient (Wildman–Crippen LogP) is 2.00. The lowest BCUT2D eigenvalue weighted by Crippen LogP contribution is -2.18. The molecule has 4 heteroatoms. The van der Waals surface area contributed by atoms with Crippen molar-refractivity contribution in [3.05, 3.63) is 35.4 Å². The lowest BCUT2D eigenvalue weighted by molar-refractivity contribution is -0.141. The fourth-order valence-electron chi connectivity index (χ4n) is 2.61. The monoisotopic (exact) mass is 263 g/mol. The number of aliphatic carboxylic acids is 1. The minimum atomic E-state index is -0.710. The van der Waals surface area contributed by atoms with Crippen molar-refractivity contribution in [2.45, 2.75) is 31.9 Å². The first kappa shape index (κ1) is 14.0. The summed E-state index contributed by atoms with van der Waals surface area (Å²) < 4.78 is 5.32. The third-order valence-corrected chi connectivity index (χ3v) is 3.82. The van der Waals surface area contributed by atoms with Gasteiger partial charge < -0.3 is 15.2 Å². The number of hydrogen-bond donors (Lipinski definition) is 2. The zero-order valence-electron chi connectivity index (χ0n) is 11.4. The molecule has 1 aliphatic heterocycles. The Morgan fingerprint density at radius 1 is 1.53 bits per heavy atom. The molecule has 1 fully saturated rings. The molecule has 1 aliphatic rings. The van der Waals surface area contributed by atoms with E-state index in [2.05, 4.69) is 17.4 Å². The molecule has 3 unspecified atom stereocenters. The molecule has 0 aliphatic carbocycles. The average Bonchev–Trinajstić information content (AvgIpc) is 2.89. The van der Waals surface area contributed by atoms with Crippen LogP contribution in [0.1, 0.15) is 30.5 Å². The van der Waals surface area contributed by atoms with E-state index in [0.717, 1.165) is 6.42 Å². The highest BCUT2D eigenvalue weighted by Gasteiger charge is 2.31. The summed E-state index contributed by atoms with van der Waals surface area (Å²) in [6.45, 7) is 2.59. The highest BCUT2D eigenvalue weighted by Crippen LogP contribution is 2.30. The molecule has 2 N–H and O–H groups in total. The first-order chi connectivity index (χ1) is 9.11. The molecule has 4 nitrogen and oxygen atoms in total. The van der Waals surface area contributed by atoms with Crippen LogP contribution in [0.5, 0.6) is 0 Å². The van der Waals surface area contributed by atoms with Crippen LogP contribution < -0.4 is 5.32 Å². The van der Waals surface area contributed by atoms with Crippen LogP contribution in [0.25, 0.3) is 0 Å². The van der Waals surface area contributed by atoms with Gasteiger partial charge in [-0.3, -0.25) is 4.79 Å². The third-order valence-electron chi connectivity index (χ3n) is 3.82. The fourth-order valence-corrected chi connectivity index (χ4v) is 2.61. The quantitative estimate of drug-likeness (QED) is 0.853. The van der Waals surface area contributed by atoms with Crippen LogP contribution in [-0.4, -0.2) is 30.8 Å². The van der Waals surface area contributed by atoms with Crippen molar-refractivity contribution in [3.8, 4) is 0 Å². The van der Waals surface area contributed by atoms with Crippen molar-refractivity contribution in [2.75, 3.05) is 13.7 Å². The molecule has 0 spiro atoms. The van der Waals surface area contributed by atoms with Gasteiger partial charge in [-0.2, -0.15) is 0 Å². The summed E-state index contributed by atoms with van der Waals surface area (Å²) in [4.78, 5) is 11.0. The maximum atomic E-state index is 11.0. The first-order valence-electron chi connectivity index (χ1n) is 6.68. The second-order valence-electron chi connectivity index (χ2n) is 5.18. The summed E-state index contributed by atoms with van der Waals surface area (Å²) in [6.07, 6.45) is 1.67. The topological polar surface area (TPSA) is 58.6 Å². The molecule has 1 heterocycles. The van der Waals surface area contributed by atoms with Crippen LogP contribution in [0.2, 0.25) is 0 Å². The van der Waals surface area contributed by atoms with Crippen molar-refractivity contribution in [1.29, 1.82) is 0 Å². The van der Waals surface area contributed by atoms with Crippen molar-refractivity contribution in [2.24, 2.45) is 5.92 Å². The van der Waals surface area contributed by atoms with Crippen LogP contribution in [0.3, 0.4) is 0 Å². The maximum Gasteiger partial charge on any atom is 0.307 e. The molecule has 1 aromatic rings. The van der Waals surface area contributed by atoms with Gasteiger partial charge in [0.15, 0.2) is 0 Å². The maximum absolute atomic E-state index is 11.0. The SMILES string of the molecule is COC(C)Cc1ccccc1C1CC(C(=O)O)CN1. The third kappa shape index (κ3) is 3.33. The second-order valence-corrected chi connectivity index (χ2v) is 5.18. The number of carboxylic acids is 1. The van der Waals surface area contributed by atoms with Gasteiger partial charge in [-0.1, -0.05) is 24.3 Å². The van der Waals surface area contributed by atoms with Gasteiger partial charge in [0.1, 0.15) is 0 Å². The Bertz CT molecular complexity index is 447. The van der Waals surface area contributed by atoms with E-state index in [1.54, 1.807) is 7.11 Å². The molecule has 0 saturated carbocycles. The highest BCUT2D eigenvalue weighted by molar-refractivity contribution is 5.70. The summed E-state index contributed by atoms with van der Waals surface area (Å²) in [7, 11) is 1.71. The molecule has 1 saturated heterocycles. The molecule has 104 valence electrons. The summed E-state index contributed by atoms with van der Waals surface area (Å²) in [6, 6.07) is 8.35. The Morgan fingerprint density at radius 2 is 2.26 bits per heavy atom. The van der Waals surface area contributed by atoms with Gasteiger partial charge in [-0.25, -0.2) is 0 Å². The van der Waals surface area contributed by atoms with E-state index in [-0.39, 0.29) is 18.1 Å². The molecule has 0 bridgehead atoms. The Kier molecular flexibility index (Phi) is 4.56. The van der Waals surface area contributed by atoms with E-state index in [1.165, 1.54) is 11.1 Å².